The Kier molecular flexibility index (Phi) is 7.35. The molecule has 3 rings (SSSR count). The molecule has 0 aliphatic carbocycles. The Morgan fingerprint density at radius 3 is 2.39 bits per heavy atom. The fraction of sp³-hybridized carbons (Fsp3) is 0.217. The zero-order valence-corrected chi connectivity index (χ0v) is 19.9. The topological polar surface area (TPSA) is 73.9 Å². The predicted molar refractivity (Wildman–Crippen MR) is 125 cm³/mol. The first-order valence-corrected chi connectivity index (χ1v) is 11.0. The summed E-state index contributed by atoms with van der Waals surface area (Å²) in [5.41, 5.74) is 1.92. The van der Waals surface area contributed by atoms with Gasteiger partial charge in [-0.15, -0.1) is 11.3 Å². The molecule has 6 nitrogen and oxygen atoms in total. The highest BCUT2D eigenvalue weighted by atomic mass is 79.9. The van der Waals surface area contributed by atoms with Gasteiger partial charge in [-0.3, -0.25) is 4.79 Å². The smallest absolute Gasteiger partial charge is 0.341 e. The lowest BCUT2D eigenvalue weighted by molar-refractivity contribution is -0.122. The van der Waals surface area contributed by atoms with Crippen LogP contribution in [-0.4, -0.2) is 32.2 Å². The van der Waals surface area contributed by atoms with Crippen molar-refractivity contribution < 1.29 is 23.8 Å². The standard InChI is InChI=1S/C23H22BrNO5S/c1-13(30-18-7-5-6-17(12-18)28-3)21(26)25-22-20(23(27)29-4)19(14(2)31-22)15-8-10-16(24)11-9-15/h5-13H,1-4H3,(H,25,26). The Morgan fingerprint density at radius 1 is 1.06 bits per heavy atom. The molecule has 162 valence electrons. The largest absolute Gasteiger partial charge is 0.497 e. The highest BCUT2D eigenvalue weighted by Gasteiger charge is 2.26. The van der Waals surface area contributed by atoms with Gasteiger partial charge in [-0.05, 0) is 43.7 Å². The summed E-state index contributed by atoms with van der Waals surface area (Å²) >= 11 is 4.74. The van der Waals surface area contributed by atoms with Crippen LogP contribution in [0.15, 0.2) is 53.0 Å². The first-order chi connectivity index (χ1) is 14.8. The zero-order valence-electron chi connectivity index (χ0n) is 17.5. The summed E-state index contributed by atoms with van der Waals surface area (Å²) in [6.07, 6.45) is -0.795. The van der Waals surface area contributed by atoms with E-state index in [-0.39, 0.29) is 5.91 Å². The second-order valence-corrected chi connectivity index (χ2v) is 8.80. The lowest BCUT2D eigenvalue weighted by Gasteiger charge is -2.15. The maximum Gasteiger partial charge on any atom is 0.341 e. The molecule has 0 saturated heterocycles. The van der Waals surface area contributed by atoms with Gasteiger partial charge in [0.15, 0.2) is 6.10 Å². The molecule has 31 heavy (non-hydrogen) atoms. The fourth-order valence-corrected chi connectivity index (χ4v) is 4.37. The van der Waals surface area contributed by atoms with Gasteiger partial charge in [0.25, 0.3) is 5.91 Å². The van der Waals surface area contributed by atoms with Crippen molar-refractivity contribution in [3.63, 3.8) is 0 Å². The third-order valence-corrected chi connectivity index (χ3v) is 6.12. The minimum Gasteiger partial charge on any atom is -0.497 e. The van der Waals surface area contributed by atoms with Crippen LogP contribution in [-0.2, 0) is 9.53 Å². The monoisotopic (exact) mass is 503 g/mol. The van der Waals surface area contributed by atoms with E-state index in [1.807, 2.05) is 31.2 Å². The van der Waals surface area contributed by atoms with Crippen LogP contribution in [0.5, 0.6) is 11.5 Å². The Morgan fingerprint density at radius 2 is 1.74 bits per heavy atom. The number of amides is 1. The molecule has 3 aromatic rings. The van der Waals surface area contributed by atoms with Gasteiger partial charge in [0.05, 0.1) is 14.2 Å². The predicted octanol–water partition coefficient (Wildman–Crippen LogP) is 5.69. The molecule has 1 amide bonds. The number of esters is 1. The number of benzene rings is 2. The van der Waals surface area contributed by atoms with Gasteiger partial charge in [0.1, 0.15) is 22.1 Å². The van der Waals surface area contributed by atoms with Crippen molar-refractivity contribution >= 4 is 44.1 Å². The van der Waals surface area contributed by atoms with E-state index in [1.54, 1.807) is 38.3 Å². The van der Waals surface area contributed by atoms with Crippen LogP contribution in [0, 0.1) is 6.92 Å². The average Bonchev–Trinajstić information content (AvgIpc) is 3.09. The van der Waals surface area contributed by atoms with Crippen LogP contribution >= 0.6 is 27.3 Å². The number of halogens is 1. The van der Waals surface area contributed by atoms with E-state index in [0.29, 0.717) is 22.1 Å². The number of hydrogen-bond acceptors (Lipinski definition) is 6. The van der Waals surface area contributed by atoms with Gasteiger partial charge < -0.3 is 19.5 Å². The lowest BCUT2D eigenvalue weighted by Crippen LogP contribution is -2.30. The second kappa shape index (κ2) is 9.98. The molecule has 0 aliphatic rings. The number of nitrogens with one attached hydrogen (secondary N) is 1. The second-order valence-electron chi connectivity index (χ2n) is 6.66. The molecule has 0 radical (unpaired) electrons. The summed E-state index contributed by atoms with van der Waals surface area (Å²) in [7, 11) is 2.88. The molecule has 1 atom stereocenters. The molecule has 0 fully saturated rings. The summed E-state index contributed by atoms with van der Waals surface area (Å²) in [6, 6.07) is 14.6. The fourth-order valence-electron chi connectivity index (χ4n) is 3.04. The maximum absolute atomic E-state index is 12.8. The van der Waals surface area contributed by atoms with Gasteiger partial charge in [-0.2, -0.15) is 0 Å². The number of ether oxygens (including phenoxy) is 3. The normalized spacial score (nSPS) is 11.5. The van der Waals surface area contributed by atoms with E-state index >= 15 is 0 Å². The highest BCUT2D eigenvalue weighted by Crippen LogP contribution is 2.40. The molecule has 0 saturated carbocycles. The van der Waals surface area contributed by atoms with Crippen LogP contribution in [0.25, 0.3) is 11.1 Å². The number of hydrogen-bond donors (Lipinski definition) is 1. The van der Waals surface area contributed by atoms with Gasteiger partial charge >= 0.3 is 5.97 Å². The molecule has 8 heteroatoms. The van der Waals surface area contributed by atoms with E-state index in [1.165, 1.54) is 18.4 Å². The summed E-state index contributed by atoms with van der Waals surface area (Å²) in [5, 5.41) is 3.25. The quantitative estimate of drug-likeness (QED) is 0.419. The molecule has 0 bridgehead atoms. The van der Waals surface area contributed by atoms with Crippen LogP contribution < -0.4 is 14.8 Å². The van der Waals surface area contributed by atoms with Crippen molar-refractivity contribution in [2.75, 3.05) is 19.5 Å². The zero-order chi connectivity index (χ0) is 22.5. The molecule has 2 aromatic carbocycles. The van der Waals surface area contributed by atoms with Crippen molar-refractivity contribution in [3.05, 3.63) is 63.4 Å². The van der Waals surface area contributed by atoms with Crippen molar-refractivity contribution in [3.8, 4) is 22.6 Å². The van der Waals surface area contributed by atoms with Crippen molar-refractivity contribution in [1.82, 2.24) is 0 Å². The van der Waals surface area contributed by atoms with Crippen LogP contribution in [0.2, 0.25) is 0 Å². The minimum atomic E-state index is -0.795. The Hall–Kier alpha value is -2.84. The lowest BCUT2D eigenvalue weighted by atomic mass is 10.0. The van der Waals surface area contributed by atoms with Crippen LogP contribution in [0.3, 0.4) is 0 Å². The average molecular weight is 504 g/mol. The summed E-state index contributed by atoms with van der Waals surface area (Å²) < 4.78 is 16.9. The molecule has 1 aromatic heterocycles. The summed E-state index contributed by atoms with van der Waals surface area (Å²) in [6.45, 7) is 3.54. The van der Waals surface area contributed by atoms with Crippen molar-refractivity contribution in [1.29, 1.82) is 0 Å². The van der Waals surface area contributed by atoms with E-state index in [9.17, 15) is 9.59 Å². The molecule has 0 spiro atoms. The third-order valence-electron chi connectivity index (χ3n) is 4.57. The molecular weight excluding hydrogens is 482 g/mol. The third kappa shape index (κ3) is 5.26. The number of carbonyl (C=O) groups excluding carboxylic acids is 2. The molecule has 1 unspecified atom stereocenters. The van der Waals surface area contributed by atoms with Crippen LogP contribution in [0.4, 0.5) is 5.00 Å². The Balaban J connectivity index is 1.88. The molecule has 1 N–H and O–H groups in total. The SMILES string of the molecule is COC(=O)c1c(NC(=O)C(C)Oc2cccc(OC)c2)sc(C)c1-c1ccc(Br)cc1. The van der Waals surface area contributed by atoms with E-state index in [4.69, 9.17) is 14.2 Å². The van der Waals surface area contributed by atoms with Crippen molar-refractivity contribution in [2.24, 2.45) is 0 Å². The van der Waals surface area contributed by atoms with Gasteiger partial charge in [-0.1, -0.05) is 34.1 Å². The van der Waals surface area contributed by atoms with Gasteiger partial charge in [0, 0.05) is 21.0 Å². The van der Waals surface area contributed by atoms with Gasteiger partial charge in [0.2, 0.25) is 0 Å². The minimum absolute atomic E-state index is 0.328. The van der Waals surface area contributed by atoms with E-state index in [0.717, 1.165) is 20.5 Å². The van der Waals surface area contributed by atoms with E-state index < -0.39 is 12.1 Å². The maximum atomic E-state index is 12.8. The van der Waals surface area contributed by atoms with Gasteiger partial charge in [-0.25, -0.2) is 4.79 Å². The molecule has 0 aliphatic heterocycles. The van der Waals surface area contributed by atoms with Crippen molar-refractivity contribution in [2.45, 2.75) is 20.0 Å². The number of aryl methyl sites for hydroxylation is 1. The molecule has 1 heterocycles. The Bertz CT molecular complexity index is 1090. The number of anilines is 1. The first kappa shape index (κ1) is 22.8. The Labute approximate surface area is 193 Å². The number of thiophene rings is 1. The molecular formula is C23H22BrNO5S. The first-order valence-electron chi connectivity index (χ1n) is 9.43. The number of carbonyl (C=O) groups is 2. The number of methoxy groups -OCH3 is 2. The summed E-state index contributed by atoms with van der Waals surface area (Å²) in [4.78, 5) is 26.3. The summed E-state index contributed by atoms with van der Waals surface area (Å²) in [5.74, 6) is 0.245. The highest BCUT2D eigenvalue weighted by molar-refractivity contribution is 9.10. The van der Waals surface area contributed by atoms with E-state index in [2.05, 4.69) is 21.2 Å². The van der Waals surface area contributed by atoms with Crippen LogP contribution in [0.1, 0.15) is 22.2 Å². The number of rotatable bonds is 7.